The molecule has 0 saturated carbocycles. The number of allylic oxidation sites excluding steroid dienone is 1. The Hall–Kier alpha value is -3.74. The van der Waals surface area contributed by atoms with Crippen LogP contribution in [0.1, 0.15) is 53.1 Å². The standard InChI is InChI=1S/C25H22N2O5/c28-21-11-4-12-27(21)22(29)15-32-25(30)23-18-8-1-2-10-20(18)26-24-16(6-3-9-19(23)24)14-17-7-5-13-31-17/h1-2,5,7-8,10,13-14H,3-4,6,9,11-12,15H2/b16-14+. The minimum absolute atomic E-state index is 0.217. The Kier molecular flexibility index (Phi) is 5.31. The lowest BCUT2D eigenvalue weighted by molar-refractivity contribution is -0.143. The maximum atomic E-state index is 13.2. The Morgan fingerprint density at radius 1 is 1.09 bits per heavy atom. The summed E-state index contributed by atoms with van der Waals surface area (Å²) >= 11 is 0. The molecule has 7 heteroatoms. The second kappa shape index (κ2) is 8.42. The number of hydrogen-bond donors (Lipinski definition) is 0. The molecule has 162 valence electrons. The van der Waals surface area contributed by atoms with Gasteiger partial charge in [-0.05, 0) is 61.1 Å². The summed E-state index contributed by atoms with van der Waals surface area (Å²) in [5.41, 5.74) is 3.71. The molecule has 1 aliphatic carbocycles. The van der Waals surface area contributed by atoms with Gasteiger partial charge in [-0.2, -0.15) is 0 Å². The van der Waals surface area contributed by atoms with Crippen LogP contribution in [0, 0.1) is 0 Å². The number of esters is 1. The average Bonchev–Trinajstić information content (AvgIpc) is 3.47. The molecule has 0 spiro atoms. The fourth-order valence-electron chi connectivity index (χ4n) is 4.44. The monoisotopic (exact) mass is 430 g/mol. The third-order valence-corrected chi connectivity index (χ3v) is 5.94. The van der Waals surface area contributed by atoms with Crippen molar-refractivity contribution in [3.63, 3.8) is 0 Å². The summed E-state index contributed by atoms with van der Waals surface area (Å²) < 4.78 is 10.9. The first-order valence-corrected chi connectivity index (χ1v) is 10.8. The van der Waals surface area contributed by atoms with E-state index in [-0.39, 0.29) is 5.91 Å². The molecule has 2 amide bonds. The largest absolute Gasteiger partial charge is 0.465 e. The van der Waals surface area contributed by atoms with Gasteiger partial charge in [0.05, 0.1) is 23.0 Å². The normalized spacial score (nSPS) is 17.1. The molecule has 1 fully saturated rings. The number of benzene rings is 1. The molecule has 2 aliphatic rings. The highest BCUT2D eigenvalue weighted by Gasteiger charge is 2.29. The lowest BCUT2D eigenvalue weighted by Gasteiger charge is -2.22. The van der Waals surface area contributed by atoms with E-state index in [0.29, 0.717) is 42.3 Å². The van der Waals surface area contributed by atoms with E-state index in [0.717, 1.165) is 40.3 Å². The van der Waals surface area contributed by atoms with Gasteiger partial charge in [0.15, 0.2) is 6.61 Å². The van der Waals surface area contributed by atoms with Gasteiger partial charge in [-0.25, -0.2) is 9.78 Å². The van der Waals surface area contributed by atoms with E-state index in [9.17, 15) is 14.4 Å². The predicted octanol–water partition coefficient (Wildman–Crippen LogP) is 4.01. The van der Waals surface area contributed by atoms with Gasteiger partial charge in [-0.1, -0.05) is 18.2 Å². The number of para-hydroxylation sites is 1. The van der Waals surface area contributed by atoms with E-state index in [4.69, 9.17) is 14.1 Å². The molecule has 7 nitrogen and oxygen atoms in total. The molecule has 32 heavy (non-hydrogen) atoms. The zero-order chi connectivity index (χ0) is 22.1. The summed E-state index contributed by atoms with van der Waals surface area (Å²) in [7, 11) is 0. The molecule has 2 aromatic heterocycles. The van der Waals surface area contributed by atoms with Gasteiger partial charge in [-0.15, -0.1) is 0 Å². The maximum Gasteiger partial charge on any atom is 0.339 e. The van der Waals surface area contributed by atoms with Crippen LogP contribution in [0.2, 0.25) is 0 Å². The molecule has 3 aromatic rings. The summed E-state index contributed by atoms with van der Waals surface area (Å²) in [4.78, 5) is 43.4. The van der Waals surface area contributed by atoms with Crippen LogP contribution in [0.4, 0.5) is 0 Å². The third-order valence-electron chi connectivity index (χ3n) is 5.94. The number of aromatic nitrogens is 1. The number of carbonyl (C=O) groups excluding carboxylic acids is 3. The average molecular weight is 430 g/mol. The van der Waals surface area contributed by atoms with Crippen LogP contribution in [-0.4, -0.2) is 40.8 Å². The zero-order valence-corrected chi connectivity index (χ0v) is 17.5. The Morgan fingerprint density at radius 2 is 1.97 bits per heavy atom. The SMILES string of the molecule is O=C(OCC(=O)N1CCCC1=O)c1c2c(nc3ccccc13)/C(=C/c1ccco1)CCC2. The minimum Gasteiger partial charge on any atom is -0.465 e. The predicted molar refractivity (Wildman–Crippen MR) is 117 cm³/mol. The van der Waals surface area contributed by atoms with E-state index >= 15 is 0 Å². The van der Waals surface area contributed by atoms with Crippen molar-refractivity contribution < 1.29 is 23.5 Å². The number of imide groups is 1. The Morgan fingerprint density at radius 3 is 2.75 bits per heavy atom. The number of rotatable bonds is 4. The summed E-state index contributed by atoms with van der Waals surface area (Å²) in [6.07, 6.45) is 6.95. The molecule has 1 saturated heterocycles. The van der Waals surface area contributed by atoms with Crippen LogP contribution >= 0.6 is 0 Å². The minimum atomic E-state index is -0.570. The summed E-state index contributed by atoms with van der Waals surface area (Å²) in [6.45, 7) is -0.0746. The molecule has 1 aliphatic heterocycles. The highest BCUT2D eigenvalue weighted by atomic mass is 16.5. The Balaban J connectivity index is 1.51. The highest BCUT2D eigenvalue weighted by molar-refractivity contribution is 6.07. The number of likely N-dealkylation sites (tertiary alicyclic amines) is 1. The van der Waals surface area contributed by atoms with E-state index in [1.165, 1.54) is 0 Å². The molecule has 0 N–H and O–H groups in total. The van der Waals surface area contributed by atoms with Crippen LogP contribution in [-0.2, 0) is 20.7 Å². The molecular formula is C25H22N2O5. The number of ether oxygens (including phenoxy) is 1. The van der Waals surface area contributed by atoms with Crippen LogP contribution < -0.4 is 0 Å². The van der Waals surface area contributed by atoms with Crippen molar-refractivity contribution in [2.45, 2.75) is 32.1 Å². The van der Waals surface area contributed by atoms with Gasteiger partial charge in [0.25, 0.3) is 5.91 Å². The second-order valence-electron chi connectivity index (χ2n) is 7.99. The van der Waals surface area contributed by atoms with Crippen molar-refractivity contribution in [1.82, 2.24) is 9.88 Å². The van der Waals surface area contributed by atoms with Crippen LogP contribution in [0.5, 0.6) is 0 Å². The Labute approximate surface area is 184 Å². The van der Waals surface area contributed by atoms with E-state index in [1.807, 2.05) is 42.5 Å². The van der Waals surface area contributed by atoms with E-state index in [1.54, 1.807) is 6.26 Å². The van der Waals surface area contributed by atoms with Gasteiger partial charge in [-0.3, -0.25) is 14.5 Å². The molecule has 3 heterocycles. The van der Waals surface area contributed by atoms with Crippen LogP contribution in [0.3, 0.4) is 0 Å². The fourth-order valence-corrected chi connectivity index (χ4v) is 4.44. The van der Waals surface area contributed by atoms with Crippen molar-refractivity contribution in [2.75, 3.05) is 13.2 Å². The van der Waals surface area contributed by atoms with Gasteiger partial charge in [0, 0.05) is 18.4 Å². The van der Waals surface area contributed by atoms with Gasteiger partial charge in [0.2, 0.25) is 5.91 Å². The van der Waals surface area contributed by atoms with Crippen LogP contribution in [0.25, 0.3) is 22.6 Å². The van der Waals surface area contributed by atoms with Gasteiger partial charge in [0.1, 0.15) is 5.76 Å². The van der Waals surface area contributed by atoms with Gasteiger partial charge >= 0.3 is 5.97 Å². The van der Waals surface area contributed by atoms with E-state index in [2.05, 4.69) is 0 Å². The number of hydrogen-bond acceptors (Lipinski definition) is 6. The maximum absolute atomic E-state index is 13.2. The molecular weight excluding hydrogens is 408 g/mol. The number of pyridine rings is 1. The Bertz CT molecular complexity index is 1240. The molecule has 0 unspecified atom stereocenters. The highest BCUT2D eigenvalue weighted by Crippen LogP contribution is 2.36. The smallest absolute Gasteiger partial charge is 0.339 e. The first kappa shape index (κ1) is 20.2. The molecule has 1 aromatic carbocycles. The number of furan rings is 1. The molecule has 5 rings (SSSR count). The fraction of sp³-hybridized carbons (Fsp3) is 0.280. The lowest BCUT2D eigenvalue weighted by Crippen LogP contribution is -2.35. The van der Waals surface area contributed by atoms with Crippen molar-refractivity contribution in [1.29, 1.82) is 0 Å². The van der Waals surface area contributed by atoms with E-state index < -0.39 is 18.5 Å². The summed E-state index contributed by atoms with van der Waals surface area (Å²) in [5.74, 6) is -0.538. The van der Waals surface area contributed by atoms with Crippen molar-refractivity contribution in [2.24, 2.45) is 0 Å². The zero-order valence-electron chi connectivity index (χ0n) is 17.5. The lowest BCUT2D eigenvalue weighted by atomic mass is 9.86. The number of amides is 2. The summed E-state index contributed by atoms with van der Waals surface area (Å²) in [6, 6.07) is 11.1. The first-order valence-electron chi connectivity index (χ1n) is 10.8. The van der Waals surface area contributed by atoms with Crippen molar-refractivity contribution in [3.05, 3.63) is 65.2 Å². The topological polar surface area (TPSA) is 89.7 Å². The van der Waals surface area contributed by atoms with Crippen molar-refractivity contribution >= 4 is 40.3 Å². The first-order chi connectivity index (χ1) is 15.6. The number of fused-ring (bicyclic) bond motifs is 2. The molecule has 0 radical (unpaired) electrons. The molecule has 0 atom stereocenters. The quantitative estimate of drug-likeness (QED) is 0.581. The summed E-state index contributed by atoms with van der Waals surface area (Å²) in [5, 5.41) is 0.695. The second-order valence-corrected chi connectivity index (χ2v) is 7.99. The molecule has 0 bridgehead atoms. The third kappa shape index (κ3) is 3.70. The van der Waals surface area contributed by atoms with Crippen molar-refractivity contribution in [3.8, 4) is 0 Å². The van der Waals surface area contributed by atoms with Gasteiger partial charge < -0.3 is 9.15 Å². The number of carbonyl (C=O) groups is 3. The number of nitrogens with zero attached hydrogens (tertiary/aromatic N) is 2. The van der Waals surface area contributed by atoms with Crippen LogP contribution in [0.15, 0.2) is 47.1 Å².